The summed E-state index contributed by atoms with van der Waals surface area (Å²) in [5.74, 6) is -0.00556. The molecule has 8 atom stereocenters. The first-order chi connectivity index (χ1) is 16.3. The molecule has 34 heavy (non-hydrogen) atoms. The fourth-order valence-corrected chi connectivity index (χ4v) is 7.15. The van der Waals surface area contributed by atoms with Crippen LogP contribution in [0.3, 0.4) is 0 Å². The maximum atomic E-state index is 12.7. The van der Waals surface area contributed by atoms with Crippen molar-refractivity contribution in [2.24, 2.45) is 29.6 Å². The number of carbonyl (C=O) groups is 2. The van der Waals surface area contributed by atoms with Crippen LogP contribution in [0.1, 0.15) is 91.4 Å². The topological polar surface area (TPSA) is 92.3 Å². The van der Waals surface area contributed by atoms with Crippen molar-refractivity contribution in [3.8, 4) is 0 Å². The lowest BCUT2D eigenvalue weighted by atomic mass is 9.58. The molecular weight excluding hydrogens is 438 g/mol. The van der Waals surface area contributed by atoms with Gasteiger partial charge in [-0.1, -0.05) is 33.1 Å². The van der Waals surface area contributed by atoms with Gasteiger partial charge in [-0.05, 0) is 56.8 Å². The second kappa shape index (κ2) is 9.68. The van der Waals surface area contributed by atoms with Crippen LogP contribution < -0.4 is 5.32 Å². The second-order valence-corrected chi connectivity index (χ2v) is 11.6. The minimum atomic E-state index is -0.858. The van der Waals surface area contributed by atoms with E-state index < -0.39 is 29.9 Å². The van der Waals surface area contributed by atoms with Gasteiger partial charge < -0.3 is 19.5 Å². The first-order valence-electron chi connectivity index (χ1n) is 13.5. The van der Waals surface area contributed by atoms with Crippen LogP contribution in [0.25, 0.3) is 0 Å². The molecule has 6 aliphatic rings. The average Bonchev–Trinajstić information content (AvgIpc) is 3.06. The highest BCUT2D eigenvalue weighted by molar-refractivity contribution is 5.81. The minimum absolute atomic E-state index is 0.0431. The zero-order valence-corrected chi connectivity index (χ0v) is 20.9. The van der Waals surface area contributed by atoms with Gasteiger partial charge in [0.1, 0.15) is 0 Å². The van der Waals surface area contributed by atoms with E-state index in [4.69, 9.17) is 24.0 Å². The quantitative estimate of drug-likeness (QED) is 0.450. The van der Waals surface area contributed by atoms with Gasteiger partial charge in [-0.15, -0.1) is 0 Å². The summed E-state index contributed by atoms with van der Waals surface area (Å²) in [6, 6.07) is 0. The Balaban J connectivity index is 1.18. The Bertz CT molecular complexity index is 770. The fourth-order valence-electron chi connectivity index (χ4n) is 7.15. The Labute approximate surface area is 202 Å². The van der Waals surface area contributed by atoms with E-state index in [-0.39, 0.29) is 36.5 Å². The third-order valence-corrected chi connectivity index (χ3v) is 9.21. The molecule has 2 saturated carbocycles. The summed E-state index contributed by atoms with van der Waals surface area (Å²) < 4.78 is 18.4. The third-order valence-electron chi connectivity index (χ3n) is 9.21. The van der Waals surface area contributed by atoms with Crippen molar-refractivity contribution in [1.29, 1.82) is 0 Å². The Morgan fingerprint density at radius 3 is 2.56 bits per heavy atom. The van der Waals surface area contributed by atoms with E-state index in [9.17, 15) is 9.59 Å². The molecule has 8 nitrogen and oxygen atoms in total. The van der Waals surface area contributed by atoms with Gasteiger partial charge in [0, 0.05) is 31.2 Å². The van der Waals surface area contributed by atoms with Crippen LogP contribution in [-0.4, -0.2) is 42.4 Å². The van der Waals surface area contributed by atoms with Crippen LogP contribution in [0.5, 0.6) is 0 Å². The molecule has 2 aliphatic carbocycles. The third kappa shape index (κ3) is 4.51. The number of nitrogens with one attached hydrogen (secondary N) is 1. The normalized spacial score (nSPS) is 44.1. The molecule has 0 unspecified atom stereocenters. The maximum Gasteiger partial charge on any atom is 0.308 e. The van der Waals surface area contributed by atoms with Gasteiger partial charge in [0.25, 0.3) is 0 Å². The molecule has 0 radical (unpaired) electrons. The summed E-state index contributed by atoms with van der Waals surface area (Å²) in [6.45, 7) is 6.91. The predicted molar refractivity (Wildman–Crippen MR) is 122 cm³/mol. The molecule has 1 N–H and O–H groups in total. The number of carbonyl (C=O) groups excluding carboxylic acids is 2. The van der Waals surface area contributed by atoms with Crippen molar-refractivity contribution in [2.75, 3.05) is 6.54 Å². The Hall–Kier alpha value is -1.22. The molecule has 0 aromatic rings. The highest BCUT2D eigenvalue weighted by Crippen LogP contribution is 2.60. The van der Waals surface area contributed by atoms with Crippen molar-refractivity contribution in [3.63, 3.8) is 0 Å². The van der Waals surface area contributed by atoms with Gasteiger partial charge in [-0.3, -0.25) is 9.59 Å². The molecule has 1 spiro atoms. The summed E-state index contributed by atoms with van der Waals surface area (Å²) in [5.41, 5.74) is -0.672. The standard InChI is InChI=1S/C26H41NO7/c1-16-9-10-20-17(2)23(31-24-26(20)19(16)13-14-25(3,32-24)33-34-26)30-22(29)12-11-21(28)27-15-18-7-5-4-6-8-18/h16-20,23-24H,4-15H2,1-3H3,(H,27,28)/t16-,17-,19+,20+,23-,24-,25-,26+/m1/s1. The summed E-state index contributed by atoms with van der Waals surface area (Å²) >= 11 is 0. The predicted octanol–water partition coefficient (Wildman–Crippen LogP) is 4.21. The lowest BCUT2D eigenvalue weighted by Gasteiger charge is -2.59. The van der Waals surface area contributed by atoms with Gasteiger partial charge in [-0.25, -0.2) is 9.78 Å². The van der Waals surface area contributed by atoms with Crippen LogP contribution in [0.4, 0.5) is 0 Å². The molecule has 4 heterocycles. The number of hydrogen-bond donors (Lipinski definition) is 1. The monoisotopic (exact) mass is 479 g/mol. The minimum Gasteiger partial charge on any atom is -0.435 e. The second-order valence-electron chi connectivity index (χ2n) is 11.6. The van der Waals surface area contributed by atoms with Crippen LogP contribution in [0, 0.1) is 29.6 Å². The van der Waals surface area contributed by atoms with Gasteiger partial charge in [-0.2, -0.15) is 0 Å². The van der Waals surface area contributed by atoms with E-state index in [1.807, 2.05) is 6.92 Å². The van der Waals surface area contributed by atoms with E-state index in [1.165, 1.54) is 32.1 Å². The summed E-state index contributed by atoms with van der Waals surface area (Å²) in [5, 5.41) is 2.99. The van der Waals surface area contributed by atoms with Crippen molar-refractivity contribution in [1.82, 2.24) is 5.32 Å². The lowest BCUT2D eigenvalue weighted by molar-refractivity contribution is -0.576. The maximum absolute atomic E-state index is 12.7. The highest BCUT2D eigenvalue weighted by Gasteiger charge is 2.69. The molecule has 8 heteroatoms. The summed E-state index contributed by atoms with van der Waals surface area (Å²) in [4.78, 5) is 36.9. The molecule has 0 aromatic carbocycles. The first-order valence-corrected chi connectivity index (χ1v) is 13.5. The SMILES string of the molecule is C[C@H]1[C@H](OC(=O)CCC(=O)NCC2CCCCC2)O[C@@H]2O[C@@]3(C)CC[C@H]4[C@H](C)CC[C@@H]1[C@]24OO3. The number of esters is 1. The molecule has 0 aromatic heterocycles. The zero-order chi connectivity index (χ0) is 23.9. The van der Waals surface area contributed by atoms with Crippen molar-refractivity contribution in [2.45, 2.75) is 115 Å². The molecular formula is C26H41NO7. The highest BCUT2D eigenvalue weighted by atomic mass is 17.3. The molecule has 4 saturated heterocycles. The molecule has 2 bridgehead atoms. The Morgan fingerprint density at radius 1 is 0.971 bits per heavy atom. The van der Waals surface area contributed by atoms with Gasteiger partial charge in [0.15, 0.2) is 11.9 Å². The molecule has 6 fully saturated rings. The number of rotatable bonds is 6. The summed E-state index contributed by atoms with van der Waals surface area (Å²) in [7, 11) is 0. The van der Waals surface area contributed by atoms with Crippen LogP contribution in [0.15, 0.2) is 0 Å². The molecule has 6 rings (SSSR count). The number of fused-ring (bicyclic) bond motifs is 2. The number of hydrogen-bond acceptors (Lipinski definition) is 7. The van der Waals surface area contributed by atoms with Crippen LogP contribution in [-0.2, 0) is 33.6 Å². The van der Waals surface area contributed by atoms with Crippen LogP contribution in [0.2, 0.25) is 0 Å². The van der Waals surface area contributed by atoms with E-state index in [1.54, 1.807) is 0 Å². The van der Waals surface area contributed by atoms with Gasteiger partial charge >= 0.3 is 5.97 Å². The van der Waals surface area contributed by atoms with Crippen molar-refractivity contribution < 1.29 is 33.6 Å². The van der Waals surface area contributed by atoms with E-state index in [0.29, 0.717) is 18.4 Å². The zero-order valence-electron chi connectivity index (χ0n) is 20.9. The first kappa shape index (κ1) is 24.5. The Morgan fingerprint density at radius 2 is 1.76 bits per heavy atom. The summed E-state index contributed by atoms with van der Waals surface area (Å²) in [6.07, 6.45) is 8.70. The largest absolute Gasteiger partial charge is 0.435 e. The lowest BCUT2D eigenvalue weighted by Crippen LogP contribution is -2.70. The van der Waals surface area contributed by atoms with E-state index in [0.717, 1.165) is 25.7 Å². The number of ether oxygens (including phenoxy) is 3. The van der Waals surface area contributed by atoms with Crippen LogP contribution >= 0.6 is 0 Å². The van der Waals surface area contributed by atoms with Crippen molar-refractivity contribution in [3.05, 3.63) is 0 Å². The Kier molecular flexibility index (Phi) is 6.97. The smallest absolute Gasteiger partial charge is 0.308 e. The van der Waals surface area contributed by atoms with E-state index >= 15 is 0 Å². The van der Waals surface area contributed by atoms with E-state index in [2.05, 4.69) is 19.2 Å². The van der Waals surface area contributed by atoms with Gasteiger partial charge in [0.05, 0.1) is 6.42 Å². The van der Waals surface area contributed by atoms with Gasteiger partial charge in [0.2, 0.25) is 18.0 Å². The molecule has 4 aliphatic heterocycles. The van der Waals surface area contributed by atoms with Crippen molar-refractivity contribution >= 4 is 11.9 Å². The fraction of sp³-hybridized carbons (Fsp3) is 0.923. The number of amides is 1. The molecule has 1 amide bonds. The average molecular weight is 480 g/mol. The molecule has 192 valence electrons.